The lowest BCUT2D eigenvalue weighted by atomic mass is 9.99. The zero-order valence-corrected chi connectivity index (χ0v) is 23.6. The van der Waals surface area contributed by atoms with Crippen molar-refractivity contribution in [1.82, 2.24) is 29.7 Å². The largest absolute Gasteiger partial charge is 0.393 e. The molecule has 2 fully saturated rings. The van der Waals surface area contributed by atoms with Crippen molar-refractivity contribution in [3.63, 3.8) is 0 Å². The molecular formula is C27H37ClN10. The smallest absolute Gasteiger partial charge is 0.225 e. The predicted octanol–water partition coefficient (Wildman–Crippen LogP) is 3.50. The van der Waals surface area contributed by atoms with Gasteiger partial charge in [-0.05, 0) is 58.1 Å². The number of benzene rings is 1. The fourth-order valence-electron chi connectivity index (χ4n) is 5.20. The van der Waals surface area contributed by atoms with Crippen LogP contribution in [0.4, 0.5) is 28.8 Å². The Kier molecular flexibility index (Phi) is 7.56. The first-order chi connectivity index (χ1) is 18.2. The number of aromatic nitrogens is 4. The third-order valence-electron chi connectivity index (χ3n) is 7.87. The van der Waals surface area contributed by atoms with E-state index < -0.39 is 0 Å². The van der Waals surface area contributed by atoms with Gasteiger partial charge in [0.05, 0.1) is 11.4 Å². The Balaban J connectivity index is 1.51. The highest BCUT2D eigenvalue weighted by Gasteiger charge is 2.29. The van der Waals surface area contributed by atoms with Crippen molar-refractivity contribution in [3.05, 3.63) is 41.6 Å². The normalized spacial score (nSPS) is 21.1. The highest BCUT2D eigenvalue weighted by atomic mass is 35.5. The van der Waals surface area contributed by atoms with E-state index >= 15 is 0 Å². The summed E-state index contributed by atoms with van der Waals surface area (Å²) in [5, 5.41) is 3.68. The van der Waals surface area contributed by atoms with Crippen LogP contribution in [-0.2, 0) is 0 Å². The molecule has 2 atom stereocenters. The molecule has 3 N–H and O–H groups in total. The summed E-state index contributed by atoms with van der Waals surface area (Å²) in [6.45, 7) is 12.4. The Morgan fingerprint density at radius 1 is 0.921 bits per heavy atom. The third-order valence-corrected chi connectivity index (χ3v) is 8.17. The molecule has 1 aromatic carbocycles. The average molecular weight is 537 g/mol. The van der Waals surface area contributed by atoms with Gasteiger partial charge in [0.15, 0.2) is 11.0 Å². The van der Waals surface area contributed by atoms with Gasteiger partial charge in [-0.3, -0.25) is 4.90 Å². The number of halogens is 1. The molecule has 0 bridgehead atoms. The quantitative estimate of drug-likeness (QED) is 0.471. The molecule has 2 aliphatic rings. The van der Waals surface area contributed by atoms with Crippen LogP contribution in [0.5, 0.6) is 0 Å². The summed E-state index contributed by atoms with van der Waals surface area (Å²) in [5.41, 5.74) is 11.7. The van der Waals surface area contributed by atoms with E-state index in [4.69, 9.17) is 27.3 Å². The van der Waals surface area contributed by atoms with Crippen LogP contribution in [0, 0.1) is 6.92 Å². The number of hydrogen-bond acceptors (Lipinski definition) is 10. The molecule has 2 aliphatic heterocycles. The van der Waals surface area contributed by atoms with Gasteiger partial charge in [0.1, 0.15) is 12.0 Å². The monoisotopic (exact) mass is 536 g/mol. The molecule has 0 unspecified atom stereocenters. The molecule has 0 spiro atoms. The van der Waals surface area contributed by atoms with Gasteiger partial charge in [-0.15, -0.1) is 0 Å². The van der Waals surface area contributed by atoms with E-state index in [1.54, 1.807) is 0 Å². The lowest BCUT2D eigenvalue weighted by Gasteiger charge is -2.44. The number of nitrogens with one attached hydrogen (secondary N) is 1. The van der Waals surface area contributed by atoms with Gasteiger partial charge < -0.3 is 25.8 Å². The second-order valence-corrected chi connectivity index (χ2v) is 10.9. The van der Waals surface area contributed by atoms with Crippen molar-refractivity contribution in [2.75, 3.05) is 74.2 Å². The summed E-state index contributed by atoms with van der Waals surface area (Å²) in [4.78, 5) is 27.2. The molecule has 10 nitrogen and oxygen atoms in total. The lowest BCUT2D eigenvalue weighted by molar-refractivity contribution is 0.170. The van der Waals surface area contributed by atoms with Crippen LogP contribution in [0.2, 0.25) is 5.15 Å². The highest BCUT2D eigenvalue weighted by Crippen LogP contribution is 2.38. The maximum absolute atomic E-state index is 6.23. The Hall–Kier alpha value is -3.21. The van der Waals surface area contributed by atoms with Gasteiger partial charge in [-0.1, -0.05) is 11.6 Å². The molecule has 5 rings (SSSR count). The number of hydrogen-bond donors (Lipinski definition) is 2. The van der Waals surface area contributed by atoms with E-state index in [-0.39, 0.29) is 5.15 Å². The van der Waals surface area contributed by atoms with Crippen LogP contribution in [0.15, 0.2) is 30.9 Å². The molecule has 4 heterocycles. The molecule has 0 amide bonds. The Morgan fingerprint density at radius 2 is 1.58 bits per heavy atom. The predicted molar refractivity (Wildman–Crippen MR) is 156 cm³/mol. The van der Waals surface area contributed by atoms with Crippen molar-refractivity contribution in [2.24, 2.45) is 0 Å². The van der Waals surface area contributed by atoms with Gasteiger partial charge in [-0.25, -0.2) is 19.9 Å². The minimum atomic E-state index is 0.228. The summed E-state index contributed by atoms with van der Waals surface area (Å²) in [5.74, 6) is 1.26. The maximum Gasteiger partial charge on any atom is 0.225 e. The van der Waals surface area contributed by atoms with Crippen molar-refractivity contribution >= 4 is 40.4 Å². The number of nitrogens with two attached hydrogens (primary N) is 1. The fraction of sp³-hybridized carbons (Fsp3) is 0.481. The van der Waals surface area contributed by atoms with Gasteiger partial charge >= 0.3 is 0 Å². The van der Waals surface area contributed by atoms with Gasteiger partial charge in [-0.2, -0.15) is 0 Å². The van der Waals surface area contributed by atoms with E-state index in [0.29, 0.717) is 23.6 Å². The van der Waals surface area contributed by atoms with Crippen molar-refractivity contribution in [3.8, 4) is 11.1 Å². The van der Waals surface area contributed by atoms with E-state index in [9.17, 15) is 0 Å². The van der Waals surface area contributed by atoms with Crippen LogP contribution in [0.3, 0.4) is 0 Å². The number of likely N-dealkylation sites (N-methyl/N-ethyl adjacent to an activating group) is 2. The van der Waals surface area contributed by atoms with Gasteiger partial charge in [0, 0.05) is 69.3 Å². The molecular weight excluding hydrogens is 500 g/mol. The number of rotatable bonds is 5. The molecule has 38 heavy (non-hydrogen) atoms. The number of anilines is 5. The summed E-state index contributed by atoms with van der Waals surface area (Å²) in [6.07, 6.45) is 5.26. The number of aryl methyl sites for hydroxylation is 1. The van der Waals surface area contributed by atoms with E-state index in [1.807, 2.05) is 12.4 Å². The number of piperazine rings is 2. The van der Waals surface area contributed by atoms with Crippen LogP contribution >= 0.6 is 11.6 Å². The second kappa shape index (κ2) is 10.9. The molecule has 202 valence electrons. The molecule has 11 heteroatoms. The summed E-state index contributed by atoms with van der Waals surface area (Å²) in [6, 6.07) is 5.21. The highest BCUT2D eigenvalue weighted by molar-refractivity contribution is 6.32. The van der Waals surface area contributed by atoms with Crippen molar-refractivity contribution in [2.45, 2.75) is 32.9 Å². The first-order valence-corrected chi connectivity index (χ1v) is 13.5. The fourth-order valence-corrected chi connectivity index (χ4v) is 5.33. The van der Waals surface area contributed by atoms with Gasteiger partial charge in [0.2, 0.25) is 5.95 Å². The first kappa shape index (κ1) is 26.4. The van der Waals surface area contributed by atoms with Crippen LogP contribution in [-0.4, -0.2) is 95.2 Å². The van der Waals surface area contributed by atoms with Gasteiger partial charge in [0.25, 0.3) is 0 Å². The molecule has 2 saturated heterocycles. The Labute approximate surface area is 229 Å². The SMILES string of the molecule is Cc1cc(N2C[C@@H](C)N(C)[C@@H](C)C2)c(Nc2ncnc(Cl)c2N)cc1-c1cnc(N2CCN(C)CC2)nc1. The summed E-state index contributed by atoms with van der Waals surface area (Å²) >= 11 is 6.21. The third kappa shape index (κ3) is 5.34. The lowest BCUT2D eigenvalue weighted by Crippen LogP contribution is -2.55. The van der Waals surface area contributed by atoms with E-state index in [0.717, 1.165) is 73.3 Å². The summed E-state index contributed by atoms with van der Waals surface area (Å²) in [7, 11) is 4.33. The topological polar surface area (TPSA) is 103 Å². The van der Waals surface area contributed by atoms with Crippen LogP contribution < -0.4 is 20.9 Å². The molecule has 0 aliphatic carbocycles. The minimum Gasteiger partial charge on any atom is -0.393 e. The zero-order valence-electron chi connectivity index (χ0n) is 22.8. The minimum absolute atomic E-state index is 0.228. The standard InChI is InChI=1S/C27H37ClN10/c1-17-10-23(38-14-18(2)36(5)19(3)15-38)22(34-26-24(29)25(28)32-16-33-26)11-21(17)20-12-30-27(31-13-20)37-8-6-35(4)7-9-37/h10-13,16,18-19H,6-9,14-15,29H2,1-5H3,(H,32,33,34)/t18-,19+. The molecule has 0 radical (unpaired) electrons. The molecule has 3 aromatic rings. The Bertz CT molecular complexity index is 1260. The van der Waals surface area contributed by atoms with E-state index in [2.05, 4.69) is 81.9 Å². The number of nitrogen functional groups attached to an aromatic ring is 1. The van der Waals surface area contributed by atoms with E-state index in [1.165, 1.54) is 6.33 Å². The molecule has 0 saturated carbocycles. The Morgan fingerprint density at radius 3 is 2.24 bits per heavy atom. The van der Waals surface area contributed by atoms with Crippen molar-refractivity contribution < 1.29 is 0 Å². The number of nitrogens with zero attached hydrogens (tertiary/aromatic N) is 8. The molecule has 2 aromatic heterocycles. The zero-order chi connectivity index (χ0) is 27.0. The average Bonchev–Trinajstić information content (AvgIpc) is 2.91. The van der Waals surface area contributed by atoms with Crippen molar-refractivity contribution in [1.29, 1.82) is 0 Å². The second-order valence-electron chi connectivity index (χ2n) is 10.6. The van der Waals surface area contributed by atoms with Crippen LogP contribution in [0.25, 0.3) is 11.1 Å². The first-order valence-electron chi connectivity index (χ1n) is 13.1. The van der Waals surface area contributed by atoms with Crippen LogP contribution in [0.1, 0.15) is 19.4 Å². The summed E-state index contributed by atoms with van der Waals surface area (Å²) < 4.78 is 0. The maximum atomic E-state index is 6.23.